The smallest absolute Gasteiger partial charge is 0.136 e. The molecule has 1 nitrogen and oxygen atoms in total. The van der Waals surface area contributed by atoms with Gasteiger partial charge in [-0.1, -0.05) is 18.2 Å². The van der Waals surface area contributed by atoms with E-state index in [1.807, 2.05) is 12.1 Å². The van der Waals surface area contributed by atoms with Gasteiger partial charge >= 0.3 is 0 Å². The Bertz CT molecular complexity index is 457. The van der Waals surface area contributed by atoms with Crippen LogP contribution in [0.5, 0.6) is 0 Å². The third-order valence-electron chi connectivity index (χ3n) is 2.50. The topological polar surface area (TPSA) is 12.0 Å². The zero-order chi connectivity index (χ0) is 12.6. The summed E-state index contributed by atoms with van der Waals surface area (Å²) in [5.41, 5.74) is 0. The van der Waals surface area contributed by atoms with Gasteiger partial charge in [0.1, 0.15) is 5.82 Å². The average Bonchev–Trinajstić information content (AvgIpc) is 2.89. The molecule has 0 aliphatic heterocycles. The van der Waals surface area contributed by atoms with Crippen molar-refractivity contribution in [2.45, 2.75) is 11.3 Å². The van der Waals surface area contributed by atoms with E-state index in [1.54, 1.807) is 29.2 Å². The molecule has 0 saturated carbocycles. The van der Waals surface area contributed by atoms with Crippen LogP contribution in [0.25, 0.3) is 0 Å². The monoisotopic (exact) mass is 281 g/mol. The number of halogens is 1. The fraction of sp³-hybridized carbons (Fsp3) is 0.286. The first-order valence-corrected chi connectivity index (χ1v) is 7.83. The van der Waals surface area contributed by atoms with Crippen molar-refractivity contribution in [3.63, 3.8) is 0 Å². The molecule has 0 aliphatic rings. The van der Waals surface area contributed by atoms with Gasteiger partial charge in [0, 0.05) is 22.1 Å². The summed E-state index contributed by atoms with van der Waals surface area (Å²) < 4.78 is 13.3. The van der Waals surface area contributed by atoms with Crippen molar-refractivity contribution in [2.75, 3.05) is 18.8 Å². The van der Waals surface area contributed by atoms with Crippen LogP contribution in [-0.2, 0) is 6.42 Å². The van der Waals surface area contributed by atoms with Crippen LogP contribution >= 0.6 is 23.1 Å². The molecule has 1 N–H and O–H groups in total. The lowest BCUT2D eigenvalue weighted by molar-refractivity contribution is 0.602. The molecule has 0 bridgehead atoms. The molecule has 96 valence electrons. The highest BCUT2D eigenvalue weighted by Crippen LogP contribution is 2.20. The molecule has 1 heterocycles. The number of rotatable bonds is 7. The molecule has 1 aromatic carbocycles. The molecule has 1 aromatic heterocycles. The Kier molecular flexibility index (Phi) is 5.71. The number of hydrogen-bond donors (Lipinski definition) is 1. The summed E-state index contributed by atoms with van der Waals surface area (Å²) in [6, 6.07) is 11.2. The maximum atomic E-state index is 13.3. The number of thioether (sulfide) groups is 1. The zero-order valence-electron chi connectivity index (χ0n) is 10.1. The van der Waals surface area contributed by atoms with E-state index >= 15 is 0 Å². The molecule has 18 heavy (non-hydrogen) atoms. The van der Waals surface area contributed by atoms with E-state index in [4.69, 9.17) is 0 Å². The van der Waals surface area contributed by atoms with Gasteiger partial charge in [-0.05, 0) is 36.5 Å². The van der Waals surface area contributed by atoms with Crippen LogP contribution in [0, 0.1) is 5.82 Å². The van der Waals surface area contributed by atoms with Crippen molar-refractivity contribution in [3.8, 4) is 0 Å². The second-order valence-electron chi connectivity index (χ2n) is 3.86. The first kappa shape index (κ1) is 13.6. The quantitative estimate of drug-likeness (QED) is 0.612. The predicted octanol–water partition coefficient (Wildman–Crippen LogP) is 3.81. The molecule has 4 heteroatoms. The summed E-state index contributed by atoms with van der Waals surface area (Å²) in [5, 5.41) is 5.48. The molecule has 0 spiro atoms. The van der Waals surface area contributed by atoms with E-state index in [-0.39, 0.29) is 5.82 Å². The van der Waals surface area contributed by atoms with Crippen LogP contribution in [0.4, 0.5) is 4.39 Å². The molecule has 0 fully saturated rings. The number of nitrogens with one attached hydrogen (secondary N) is 1. The molecule has 0 radical (unpaired) electrons. The molecule has 0 atom stereocenters. The first-order chi connectivity index (χ1) is 8.86. The Balaban J connectivity index is 1.58. The maximum absolute atomic E-state index is 13.3. The van der Waals surface area contributed by atoms with Crippen molar-refractivity contribution in [1.29, 1.82) is 0 Å². The van der Waals surface area contributed by atoms with Crippen LogP contribution in [0.1, 0.15) is 4.88 Å². The van der Waals surface area contributed by atoms with Gasteiger partial charge in [-0.15, -0.1) is 23.1 Å². The predicted molar refractivity (Wildman–Crippen MR) is 78.0 cm³/mol. The van der Waals surface area contributed by atoms with Gasteiger partial charge < -0.3 is 5.32 Å². The third-order valence-corrected chi connectivity index (χ3v) is 4.49. The van der Waals surface area contributed by atoms with E-state index in [0.717, 1.165) is 30.2 Å². The van der Waals surface area contributed by atoms with Crippen LogP contribution in [0.15, 0.2) is 46.7 Å². The fourth-order valence-electron chi connectivity index (χ4n) is 1.59. The van der Waals surface area contributed by atoms with Gasteiger partial charge in [0.25, 0.3) is 0 Å². The van der Waals surface area contributed by atoms with Gasteiger partial charge in [0.2, 0.25) is 0 Å². The molecule has 2 aromatic rings. The molecule has 0 unspecified atom stereocenters. The molecule has 0 aliphatic carbocycles. The maximum Gasteiger partial charge on any atom is 0.136 e. The van der Waals surface area contributed by atoms with Crippen molar-refractivity contribution in [2.24, 2.45) is 0 Å². The lowest BCUT2D eigenvalue weighted by atomic mass is 10.3. The minimum atomic E-state index is -0.124. The standard InChI is InChI=1S/C14H16FNS2/c15-13-5-1-2-6-14(13)18-11-9-16-8-7-12-4-3-10-17-12/h1-6,10,16H,7-9,11H2. The van der Waals surface area contributed by atoms with Crippen LogP contribution in [0.3, 0.4) is 0 Å². The van der Waals surface area contributed by atoms with Crippen molar-refractivity contribution in [3.05, 3.63) is 52.5 Å². The minimum absolute atomic E-state index is 0.124. The van der Waals surface area contributed by atoms with Crippen LogP contribution < -0.4 is 5.32 Å². The summed E-state index contributed by atoms with van der Waals surface area (Å²) in [4.78, 5) is 2.14. The summed E-state index contributed by atoms with van der Waals surface area (Å²) >= 11 is 3.35. The molecule has 0 saturated heterocycles. The Morgan fingerprint density at radius 2 is 2.00 bits per heavy atom. The first-order valence-electron chi connectivity index (χ1n) is 5.96. The highest BCUT2D eigenvalue weighted by atomic mass is 32.2. The van der Waals surface area contributed by atoms with E-state index in [0.29, 0.717) is 0 Å². The zero-order valence-corrected chi connectivity index (χ0v) is 11.7. The third kappa shape index (κ3) is 4.44. The largest absolute Gasteiger partial charge is 0.316 e. The number of hydrogen-bond acceptors (Lipinski definition) is 3. The normalized spacial score (nSPS) is 10.7. The van der Waals surface area contributed by atoms with Gasteiger partial charge in [-0.3, -0.25) is 0 Å². The van der Waals surface area contributed by atoms with Crippen molar-refractivity contribution < 1.29 is 4.39 Å². The van der Waals surface area contributed by atoms with E-state index in [2.05, 4.69) is 22.8 Å². The molecular weight excluding hydrogens is 265 g/mol. The van der Waals surface area contributed by atoms with Gasteiger partial charge in [-0.2, -0.15) is 0 Å². The van der Waals surface area contributed by atoms with Crippen LogP contribution in [-0.4, -0.2) is 18.8 Å². The van der Waals surface area contributed by atoms with E-state index in [1.165, 1.54) is 10.9 Å². The highest BCUT2D eigenvalue weighted by Gasteiger charge is 2.00. The summed E-state index contributed by atoms with van der Waals surface area (Å²) in [6.07, 6.45) is 1.07. The fourth-order valence-corrected chi connectivity index (χ4v) is 3.14. The van der Waals surface area contributed by atoms with Crippen LogP contribution in [0.2, 0.25) is 0 Å². The molecular formula is C14H16FNS2. The highest BCUT2D eigenvalue weighted by molar-refractivity contribution is 7.99. The lowest BCUT2D eigenvalue weighted by Gasteiger charge is -2.04. The molecule has 2 rings (SSSR count). The van der Waals surface area contributed by atoms with Gasteiger partial charge in [0.05, 0.1) is 0 Å². The second-order valence-corrected chi connectivity index (χ2v) is 6.03. The second kappa shape index (κ2) is 7.56. The SMILES string of the molecule is Fc1ccccc1SCCNCCc1cccs1. The summed E-state index contributed by atoms with van der Waals surface area (Å²) in [7, 11) is 0. The molecule has 0 amide bonds. The van der Waals surface area contributed by atoms with Crippen molar-refractivity contribution in [1.82, 2.24) is 5.32 Å². The Labute approximate surface area is 115 Å². The van der Waals surface area contributed by atoms with Gasteiger partial charge in [0.15, 0.2) is 0 Å². The summed E-state index contributed by atoms with van der Waals surface area (Å²) in [6.45, 7) is 1.89. The average molecular weight is 281 g/mol. The minimum Gasteiger partial charge on any atom is -0.316 e. The Morgan fingerprint density at radius 3 is 2.78 bits per heavy atom. The van der Waals surface area contributed by atoms with E-state index < -0.39 is 0 Å². The number of benzene rings is 1. The van der Waals surface area contributed by atoms with E-state index in [9.17, 15) is 4.39 Å². The van der Waals surface area contributed by atoms with Gasteiger partial charge in [-0.25, -0.2) is 4.39 Å². The summed E-state index contributed by atoms with van der Waals surface area (Å²) in [5.74, 6) is 0.770. The number of thiophene rings is 1. The van der Waals surface area contributed by atoms with Crippen molar-refractivity contribution >= 4 is 23.1 Å². The lowest BCUT2D eigenvalue weighted by Crippen LogP contribution is -2.19. The Hall–Kier alpha value is -0.840. The Morgan fingerprint density at radius 1 is 1.11 bits per heavy atom.